The number of anilines is 1. The first-order valence-corrected chi connectivity index (χ1v) is 6.28. The number of nitrogens with zero attached hydrogens (tertiary/aromatic N) is 3. The van der Waals surface area contributed by atoms with Gasteiger partial charge >= 0.3 is 6.18 Å². The third kappa shape index (κ3) is 2.63. The molecule has 2 aromatic heterocycles. The predicted octanol–water partition coefficient (Wildman–Crippen LogP) is 2.21. The zero-order valence-electron chi connectivity index (χ0n) is 11.2. The lowest BCUT2D eigenvalue weighted by molar-refractivity contribution is -0.141. The highest BCUT2D eigenvalue weighted by Gasteiger charge is 2.29. The van der Waals surface area contributed by atoms with E-state index in [1.54, 1.807) is 4.68 Å². The molecule has 0 aromatic carbocycles. The van der Waals surface area contributed by atoms with Crippen LogP contribution in [0.1, 0.15) is 13.8 Å². The summed E-state index contributed by atoms with van der Waals surface area (Å²) in [5.41, 5.74) is -0.151. The Balaban J connectivity index is 2.64. The van der Waals surface area contributed by atoms with E-state index in [1.807, 2.05) is 13.8 Å². The molecule has 2 rings (SSSR count). The zero-order valence-corrected chi connectivity index (χ0v) is 11.2. The number of fused-ring (bicyclic) bond motifs is 1. The van der Waals surface area contributed by atoms with Crippen molar-refractivity contribution in [1.29, 1.82) is 0 Å². The molecule has 2 aromatic rings. The van der Waals surface area contributed by atoms with E-state index >= 15 is 0 Å². The molecule has 0 aliphatic rings. The van der Waals surface area contributed by atoms with Crippen LogP contribution in [-0.4, -0.2) is 27.1 Å². The molecule has 0 bridgehead atoms. The number of rotatable bonds is 4. The zero-order chi connectivity index (χ0) is 14.9. The lowest BCUT2D eigenvalue weighted by atomic mass is 10.3. The smallest absolute Gasteiger partial charge is 0.368 e. The minimum Gasteiger partial charge on any atom is -0.368 e. The van der Waals surface area contributed by atoms with Crippen molar-refractivity contribution >= 4 is 16.7 Å². The van der Waals surface area contributed by atoms with Gasteiger partial charge in [0.05, 0.1) is 5.52 Å². The van der Waals surface area contributed by atoms with Gasteiger partial charge in [-0.3, -0.25) is 9.48 Å². The first-order valence-electron chi connectivity index (χ1n) is 6.28. The molecule has 0 aliphatic carbocycles. The van der Waals surface area contributed by atoms with Gasteiger partial charge in [0.25, 0.3) is 5.56 Å². The van der Waals surface area contributed by atoms with Crippen molar-refractivity contribution in [2.24, 2.45) is 0 Å². The summed E-state index contributed by atoms with van der Waals surface area (Å²) < 4.78 is 39.6. The van der Waals surface area contributed by atoms with Gasteiger partial charge in [-0.2, -0.15) is 18.3 Å². The van der Waals surface area contributed by atoms with Gasteiger partial charge in [0.2, 0.25) is 0 Å². The molecule has 0 saturated carbocycles. The quantitative estimate of drug-likeness (QED) is 0.938. The molecule has 0 aliphatic heterocycles. The average Bonchev–Trinajstić information content (AvgIpc) is 2.70. The van der Waals surface area contributed by atoms with Gasteiger partial charge in [0, 0.05) is 19.3 Å². The van der Waals surface area contributed by atoms with E-state index in [0.29, 0.717) is 29.0 Å². The number of aryl methyl sites for hydroxylation is 1. The van der Waals surface area contributed by atoms with Crippen LogP contribution in [0.25, 0.3) is 10.9 Å². The van der Waals surface area contributed by atoms with Crippen molar-refractivity contribution in [3.63, 3.8) is 0 Å². The van der Waals surface area contributed by atoms with Gasteiger partial charge in [-0.1, -0.05) is 0 Å². The molecule has 0 unspecified atom stereocenters. The van der Waals surface area contributed by atoms with Gasteiger partial charge < -0.3 is 9.88 Å². The van der Waals surface area contributed by atoms with E-state index in [2.05, 4.69) is 10.4 Å². The number of halogens is 3. The first kappa shape index (κ1) is 14.4. The normalized spacial score (nSPS) is 12.1. The predicted molar refractivity (Wildman–Crippen MR) is 69.9 cm³/mol. The highest BCUT2D eigenvalue weighted by atomic mass is 19.4. The number of aromatic nitrogens is 3. The minimum absolute atomic E-state index is 0.195. The molecule has 2 heterocycles. The van der Waals surface area contributed by atoms with E-state index < -0.39 is 18.3 Å². The van der Waals surface area contributed by atoms with Crippen molar-refractivity contribution in [2.45, 2.75) is 33.1 Å². The summed E-state index contributed by atoms with van der Waals surface area (Å²) in [6, 6.07) is 1.49. The Morgan fingerprint density at radius 2 is 2.05 bits per heavy atom. The Kier molecular flexibility index (Phi) is 3.74. The summed E-state index contributed by atoms with van der Waals surface area (Å²) in [6.07, 6.45) is -3.28. The standard InChI is InChI=1S/C12H15F3N4O/c1-3-16-10-9-8(19(4-2)17-10)5-6-18(11(9)20)7-12(13,14)15/h5-6H,3-4,7H2,1-2H3,(H,16,17). The van der Waals surface area contributed by atoms with Crippen LogP contribution in [0.15, 0.2) is 17.1 Å². The third-order valence-corrected chi connectivity index (χ3v) is 2.87. The van der Waals surface area contributed by atoms with Gasteiger partial charge in [-0.25, -0.2) is 0 Å². The average molecular weight is 288 g/mol. The van der Waals surface area contributed by atoms with Crippen LogP contribution in [0.4, 0.5) is 19.0 Å². The highest BCUT2D eigenvalue weighted by molar-refractivity contribution is 5.89. The number of nitrogens with one attached hydrogen (secondary N) is 1. The van der Waals surface area contributed by atoms with Crippen LogP contribution in [0, 0.1) is 0 Å². The minimum atomic E-state index is -4.43. The summed E-state index contributed by atoms with van der Waals surface area (Å²) in [7, 11) is 0. The Labute approximate surface area is 113 Å². The Hall–Kier alpha value is -1.99. The molecule has 8 heteroatoms. The number of alkyl halides is 3. The van der Waals surface area contributed by atoms with Gasteiger partial charge in [-0.15, -0.1) is 0 Å². The van der Waals surface area contributed by atoms with E-state index in [0.717, 1.165) is 6.20 Å². The van der Waals surface area contributed by atoms with Crippen LogP contribution in [0.3, 0.4) is 0 Å². The summed E-state index contributed by atoms with van der Waals surface area (Å²) >= 11 is 0. The van der Waals surface area contributed by atoms with Crippen molar-refractivity contribution in [3.05, 3.63) is 22.6 Å². The Bertz CT molecular complexity index is 672. The molecule has 0 radical (unpaired) electrons. The SMILES string of the molecule is CCNc1nn(CC)c2ccn(CC(F)(F)F)c(=O)c12. The Morgan fingerprint density at radius 3 is 2.60 bits per heavy atom. The van der Waals surface area contributed by atoms with Crippen LogP contribution in [0.5, 0.6) is 0 Å². The molecular formula is C12H15F3N4O. The van der Waals surface area contributed by atoms with Gasteiger partial charge in [-0.05, 0) is 19.9 Å². The molecule has 0 amide bonds. The lowest BCUT2D eigenvalue weighted by Gasteiger charge is -2.09. The molecule has 0 fully saturated rings. The third-order valence-electron chi connectivity index (χ3n) is 2.87. The van der Waals surface area contributed by atoms with Gasteiger partial charge in [0.1, 0.15) is 11.9 Å². The van der Waals surface area contributed by atoms with Crippen molar-refractivity contribution in [2.75, 3.05) is 11.9 Å². The molecule has 110 valence electrons. The Morgan fingerprint density at radius 1 is 1.35 bits per heavy atom. The van der Waals surface area contributed by atoms with Crippen LogP contribution in [0.2, 0.25) is 0 Å². The first-order chi connectivity index (χ1) is 9.37. The monoisotopic (exact) mass is 288 g/mol. The summed E-state index contributed by atoms with van der Waals surface area (Å²) in [5, 5.41) is 7.31. The van der Waals surface area contributed by atoms with E-state index in [9.17, 15) is 18.0 Å². The fourth-order valence-corrected chi connectivity index (χ4v) is 2.08. The fourth-order valence-electron chi connectivity index (χ4n) is 2.08. The lowest BCUT2D eigenvalue weighted by Crippen LogP contribution is -2.27. The fraction of sp³-hybridized carbons (Fsp3) is 0.500. The van der Waals surface area contributed by atoms with E-state index in [-0.39, 0.29) is 5.39 Å². The van der Waals surface area contributed by atoms with Crippen molar-refractivity contribution in [1.82, 2.24) is 14.3 Å². The molecule has 0 atom stereocenters. The number of hydrogen-bond acceptors (Lipinski definition) is 3. The van der Waals surface area contributed by atoms with Crippen LogP contribution in [-0.2, 0) is 13.1 Å². The number of pyridine rings is 1. The van der Waals surface area contributed by atoms with E-state index in [4.69, 9.17) is 0 Å². The second-order valence-electron chi connectivity index (χ2n) is 4.32. The van der Waals surface area contributed by atoms with Gasteiger partial charge in [0.15, 0.2) is 5.82 Å². The maximum atomic E-state index is 12.4. The molecule has 0 saturated heterocycles. The maximum absolute atomic E-state index is 12.4. The van der Waals surface area contributed by atoms with Crippen molar-refractivity contribution < 1.29 is 13.2 Å². The molecule has 20 heavy (non-hydrogen) atoms. The maximum Gasteiger partial charge on any atom is 0.406 e. The molecular weight excluding hydrogens is 273 g/mol. The second kappa shape index (κ2) is 5.18. The summed E-state index contributed by atoms with van der Waals surface area (Å²) in [4.78, 5) is 12.2. The molecule has 5 nitrogen and oxygen atoms in total. The van der Waals surface area contributed by atoms with E-state index in [1.165, 1.54) is 6.07 Å². The highest BCUT2D eigenvalue weighted by Crippen LogP contribution is 2.21. The number of hydrogen-bond donors (Lipinski definition) is 1. The van der Waals surface area contributed by atoms with Crippen LogP contribution >= 0.6 is 0 Å². The summed E-state index contributed by atoms with van der Waals surface area (Å²) in [6.45, 7) is 3.44. The largest absolute Gasteiger partial charge is 0.406 e. The van der Waals surface area contributed by atoms with Crippen LogP contribution < -0.4 is 10.9 Å². The second-order valence-corrected chi connectivity index (χ2v) is 4.32. The topological polar surface area (TPSA) is 51.9 Å². The van der Waals surface area contributed by atoms with Crippen molar-refractivity contribution in [3.8, 4) is 0 Å². The summed E-state index contributed by atoms with van der Waals surface area (Å²) in [5.74, 6) is 0.325. The molecule has 0 spiro atoms. The molecule has 1 N–H and O–H groups in total.